The Hall–Kier alpha value is -1.04. The summed E-state index contributed by atoms with van der Waals surface area (Å²) in [6, 6.07) is 2.75. The summed E-state index contributed by atoms with van der Waals surface area (Å²) in [5, 5.41) is 0. The molecular weight excluding hydrogens is 226 g/mol. The summed E-state index contributed by atoms with van der Waals surface area (Å²) < 4.78 is 32.0. The van der Waals surface area contributed by atoms with E-state index in [1.807, 2.05) is 6.92 Å². The molecule has 0 fully saturated rings. The molecule has 0 heterocycles. The Morgan fingerprint density at radius 1 is 1.41 bits per heavy atom. The van der Waals surface area contributed by atoms with Crippen LogP contribution in [-0.2, 0) is 4.74 Å². The van der Waals surface area contributed by atoms with Crippen LogP contribution in [0.5, 0.6) is 0 Å². The van der Waals surface area contributed by atoms with Crippen LogP contribution < -0.4 is 11.3 Å². The summed E-state index contributed by atoms with van der Waals surface area (Å²) in [6.45, 7) is 1.99. The molecule has 0 aromatic heterocycles. The maximum atomic E-state index is 13.6. The molecule has 1 aromatic carbocycles. The molecule has 2 atom stereocenters. The second-order valence-electron chi connectivity index (χ2n) is 3.87. The van der Waals surface area contributed by atoms with Gasteiger partial charge in [-0.1, -0.05) is 13.3 Å². The summed E-state index contributed by atoms with van der Waals surface area (Å²) in [5.74, 6) is 4.43. The molecule has 1 aromatic rings. The molecule has 0 aliphatic carbocycles. The van der Waals surface area contributed by atoms with Crippen molar-refractivity contribution >= 4 is 0 Å². The van der Waals surface area contributed by atoms with E-state index in [0.29, 0.717) is 6.42 Å². The fraction of sp³-hybridized carbons (Fsp3) is 0.500. The lowest BCUT2D eigenvalue weighted by molar-refractivity contribution is 0.0594. The molecule has 5 heteroatoms. The molecule has 0 aliphatic heterocycles. The molecule has 0 radical (unpaired) electrons. The van der Waals surface area contributed by atoms with Gasteiger partial charge in [-0.3, -0.25) is 11.3 Å². The lowest BCUT2D eigenvalue weighted by Gasteiger charge is -2.25. The van der Waals surface area contributed by atoms with E-state index in [4.69, 9.17) is 10.6 Å². The summed E-state index contributed by atoms with van der Waals surface area (Å²) in [5.41, 5.74) is 2.68. The lowest BCUT2D eigenvalue weighted by Crippen LogP contribution is -2.38. The quantitative estimate of drug-likeness (QED) is 0.596. The summed E-state index contributed by atoms with van der Waals surface area (Å²) >= 11 is 0. The van der Waals surface area contributed by atoms with Gasteiger partial charge >= 0.3 is 0 Å². The minimum absolute atomic E-state index is 0.188. The van der Waals surface area contributed by atoms with Crippen molar-refractivity contribution in [3.05, 3.63) is 35.4 Å². The number of rotatable bonds is 6. The van der Waals surface area contributed by atoms with Crippen LogP contribution in [0.15, 0.2) is 18.2 Å². The van der Waals surface area contributed by atoms with Crippen molar-refractivity contribution in [2.75, 3.05) is 7.11 Å². The highest BCUT2D eigenvalue weighted by Gasteiger charge is 2.24. The normalized spacial score (nSPS) is 14.6. The van der Waals surface area contributed by atoms with Crippen LogP contribution >= 0.6 is 0 Å². The number of nitrogens with one attached hydrogen (secondary N) is 1. The Balaban J connectivity index is 3.02. The summed E-state index contributed by atoms with van der Waals surface area (Å²) in [4.78, 5) is 0. The van der Waals surface area contributed by atoms with Crippen LogP contribution in [-0.4, -0.2) is 13.2 Å². The van der Waals surface area contributed by atoms with Gasteiger partial charge in [0, 0.05) is 12.7 Å². The standard InChI is InChI=1S/C12H18F2N2O/c1-3-4-11(17-2)12(16-15)9-7-8(13)5-6-10(9)14/h5-7,11-12,16H,3-4,15H2,1-2H3. The SMILES string of the molecule is CCCC(OC)C(NN)c1cc(F)ccc1F. The van der Waals surface area contributed by atoms with Crippen LogP contribution in [0.4, 0.5) is 8.78 Å². The minimum Gasteiger partial charge on any atom is -0.379 e. The first-order chi connectivity index (χ1) is 8.13. The fourth-order valence-corrected chi connectivity index (χ4v) is 1.86. The summed E-state index contributed by atoms with van der Waals surface area (Å²) in [6.07, 6.45) is 1.29. The average Bonchev–Trinajstić information content (AvgIpc) is 2.33. The van der Waals surface area contributed by atoms with Crippen molar-refractivity contribution in [1.82, 2.24) is 5.43 Å². The Morgan fingerprint density at radius 2 is 2.12 bits per heavy atom. The average molecular weight is 244 g/mol. The Labute approximate surface area is 99.9 Å². The van der Waals surface area contributed by atoms with E-state index in [0.717, 1.165) is 24.6 Å². The van der Waals surface area contributed by atoms with Gasteiger partial charge in [0.1, 0.15) is 11.6 Å². The topological polar surface area (TPSA) is 47.3 Å². The number of hydrogen-bond donors (Lipinski definition) is 2. The van der Waals surface area contributed by atoms with Gasteiger partial charge in [0.25, 0.3) is 0 Å². The van der Waals surface area contributed by atoms with Crippen molar-refractivity contribution in [1.29, 1.82) is 0 Å². The summed E-state index contributed by atoms with van der Waals surface area (Å²) in [7, 11) is 1.53. The second-order valence-corrected chi connectivity index (χ2v) is 3.87. The van der Waals surface area contributed by atoms with Gasteiger partial charge < -0.3 is 4.74 Å². The fourth-order valence-electron chi connectivity index (χ4n) is 1.86. The van der Waals surface area contributed by atoms with Gasteiger partial charge in [0.15, 0.2) is 0 Å². The lowest BCUT2D eigenvalue weighted by atomic mass is 9.98. The highest BCUT2D eigenvalue weighted by atomic mass is 19.1. The first-order valence-corrected chi connectivity index (χ1v) is 5.57. The van der Waals surface area contributed by atoms with Crippen LogP contribution in [0.1, 0.15) is 31.4 Å². The third kappa shape index (κ3) is 3.46. The zero-order chi connectivity index (χ0) is 12.8. The van der Waals surface area contributed by atoms with Gasteiger partial charge in [-0.15, -0.1) is 0 Å². The molecule has 0 amide bonds. The maximum Gasteiger partial charge on any atom is 0.128 e. The van der Waals surface area contributed by atoms with E-state index in [9.17, 15) is 8.78 Å². The van der Waals surface area contributed by atoms with Crippen LogP contribution in [0.2, 0.25) is 0 Å². The highest BCUT2D eigenvalue weighted by molar-refractivity contribution is 5.23. The van der Waals surface area contributed by atoms with Gasteiger partial charge in [-0.2, -0.15) is 0 Å². The number of hydrogen-bond acceptors (Lipinski definition) is 3. The predicted molar refractivity (Wildman–Crippen MR) is 62.1 cm³/mol. The van der Waals surface area contributed by atoms with Crippen LogP contribution in [0, 0.1) is 11.6 Å². The molecule has 3 nitrogen and oxygen atoms in total. The van der Waals surface area contributed by atoms with Gasteiger partial charge in [-0.25, -0.2) is 8.78 Å². The molecular formula is C12H18F2N2O. The molecule has 96 valence electrons. The van der Waals surface area contributed by atoms with Crippen LogP contribution in [0.25, 0.3) is 0 Å². The monoisotopic (exact) mass is 244 g/mol. The third-order valence-corrected chi connectivity index (χ3v) is 2.72. The Bertz CT molecular complexity index is 360. The number of benzene rings is 1. The second kappa shape index (κ2) is 6.64. The highest BCUT2D eigenvalue weighted by Crippen LogP contribution is 2.24. The zero-order valence-electron chi connectivity index (χ0n) is 10.0. The predicted octanol–water partition coefficient (Wildman–Crippen LogP) is 2.28. The number of ether oxygens (including phenoxy) is 1. The van der Waals surface area contributed by atoms with Crippen molar-refractivity contribution < 1.29 is 13.5 Å². The molecule has 1 rings (SSSR count). The first kappa shape index (κ1) is 14.0. The molecule has 2 unspecified atom stereocenters. The van der Waals surface area contributed by atoms with Crippen molar-refractivity contribution in [3.63, 3.8) is 0 Å². The molecule has 3 N–H and O–H groups in total. The molecule has 0 saturated heterocycles. The molecule has 0 saturated carbocycles. The van der Waals surface area contributed by atoms with E-state index in [-0.39, 0.29) is 11.7 Å². The largest absolute Gasteiger partial charge is 0.379 e. The molecule has 0 bridgehead atoms. The van der Waals surface area contributed by atoms with Gasteiger partial charge in [-0.05, 0) is 24.6 Å². The van der Waals surface area contributed by atoms with E-state index in [2.05, 4.69) is 5.43 Å². The Morgan fingerprint density at radius 3 is 2.65 bits per heavy atom. The number of halogens is 2. The van der Waals surface area contributed by atoms with E-state index < -0.39 is 17.7 Å². The molecule has 17 heavy (non-hydrogen) atoms. The molecule has 0 aliphatic rings. The maximum absolute atomic E-state index is 13.6. The van der Waals surface area contributed by atoms with Gasteiger partial charge in [0.2, 0.25) is 0 Å². The van der Waals surface area contributed by atoms with Crippen molar-refractivity contribution in [2.24, 2.45) is 5.84 Å². The van der Waals surface area contributed by atoms with Crippen molar-refractivity contribution in [3.8, 4) is 0 Å². The Kier molecular flexibility index (Phi) is 5.47. The zero-order valence-corrected chi connectivity index (χ0v) is 10.0. The van der Waals surface area contributed by atoms with Crippen LogP contribution in [0.3, 0.4) is 0 Å². The number of methoxy groups -OCH3 is 1. The van der Waals surface area contributed by atoms with E-state index >= 15 is 0 Å². The third-order valence-electron chi connectivity index (χ3n) is 2.72. The van der Waals surface area contributed by atoms with Gasteiger partial charge in [0.05, 0.1) is 12.1 Å². The number of nitrogens with two attached hydrogens (primary N) is 1. The van der Waals surface area contributed by atoms with Crippen molar-refractivity contribution in [2.45, 2.75) is 31.9 Å². The minimum atomic E-state index is -0.560. The van der Waals surface area contributed by atoms with E-state index in [1.165, 1.54) is 7.11 Å². The molecule has 0 spiro atoms. The number of hydrazine groups is 1. The first-order valence-electron chi connectivity index (χ1n) is 5.57. The smallest absolute Gasteiger partial charge is 0.128 e. The van der Waals surface area contributed by atoms with E-state index in [1.54, 1.807) is 0 Å².